The van der Waals surface area contributed by atoms with Crippen LogP contribution >= 0.6 is 0 Å². The van der Waals surface area contributed by atoms with Gasteiger partial charge in [0.15, 0.2) is 0 Å². The van der Waals surface area contributed by atoms with Crippen molar-refractivity contribution >= 4 is 23.4 Å². The number of hydrogen-bond donors (Lipinski definition) is 1. The maximum absolute atomic E-state index is 12.1. The van der Waals surface area contributed by atoms with Gasteiger partial charge >= 0.3 is 5.97 Å². The van der Waals surface area contributed by atoms with Gasteiger partial charge < -0.3 is 15.0 Å². The van der Waals surface area contributed by atoms with Crippen molar-refractivity contribution in [3.8, 4) is 0 Å². The summed E-state index contributed by atoms with van der Waals surface area (Å²) in [7, 11) is 0. The fourth-order valence-corrected chi connectivity index (χ4v) is 2.64. The second-order valence-corrected chi connectivity index (χ2v) is 7.20. The Morgan fingerprint density at radius 3 is 2.56 bits per heavy atom. The van der Waals surface area contributed by atoms with Crippen molar-refractivity contribution in [2.45, 2.75) is 40.0 Å². The van der Waals surface area contributed by atoms with Crippen LogP contribution in [0, 0.1) is 5.41 Å². The molecule has 0 atom stereocenters. The minimum absolute atomic E-state index is 0.157. The minimum Gasteiger partial charge on any atom is -0.466 e. The van der Waals surface area contributed by atoms with Crippen LogP contribution in [0.1, 0.15) is 40.0 Å². The predicted octanol–water partition coefficient (Wildman–Crippen LogP) is 3.16. The normalized spacial score (nSPS) is 16.2. The lowest BCUT2D eigenvalue weighted by molar-refractivity contribution is -0.141. The molecule has 1 saturated heterocycles. The first-order valence-corrected chi connectivity index (χ1v) is 8.60. The Bertz CT molecular complexity index is 628. The van der Waals surface area contributed by atoms with Gasteiger partial charge in [0.1, 0.15) is 5.82 Å². The molecule has 1 aliphatic heterocycles. The third kappa shape index (κ3) is 5.89. The van der Waals surface area contributed by atoms with E-state index < -0.39 is 0 Å². The Hall–Kier alpha value is -2.37. The fraction of sp³-hybridized carbons (Fsp3) is 0.526. The molecule has 0 aliphatic carbocycles. The smallest absolute Gasteiger partial charge is 0.302 e. The summed E-state index contributed by atoms with van der Waals surface area (Å²) in [5.41, 5.74) is 1.39. The van der Waals surface area contributed by atoms with Crippen molar-refractivity contribution < 1.29 is 14.3 Å². The second kappa shape index (κ2) is 8.14. The SMILES string of the molecule is C=C(CCOC(C)=O)C(=O)Nc1ccc(N2CCC(C)(C)CC2)nc1. The van der Waals surface area contributed by atoms with E-state index in [1.807, 2.05) is 12.1 Å². The van der Waals surface area contributed by atoms with E-state index in [2.05, 4.69) is 35.6 Å². The van der Waals surface area contributed by atoms with Gasteiger partial charge in [0.25, 0.3) is 5.91 Å². The number of rotatable bonds is 6. The number of esters is 1. The quantitative estimate of drug-likeness (QED) is 0.633. The van der Waals surface area contributed by atoms with E-state index in [-0.39, 0.29) is 18.5 Å². The molecule has 1 aromatic rings. The van der Waals surface area contributed by atoms with Gasteiger partial charge in [-0.25, -0.2) is 4.98 Å². The zero-order chi connectivity index (χ0) is 18.4. The van der Waals surface area contributed by atoms with Gasteiger partial charge in [-0.1, -0.05) is 20.4 Å². The lowest BCUT2D eigenvalue weighted by Crippen LogP contribution is -2.37. The fourth-order valence-electron chi connectivity index (χ4n) is 2.64. The van der Waals surface area contributed by atoms with Crippen LogP contribution in [-0.4, -0.2) is 36.6 Å². The van der Waals surface area contributed by atoms with E-state index in [9.17, 15) is 9.59 Å². The van der Waals surface area contributed by atoms with Crippen LogP contribution in [0.5, 0.6) is 0 Å². The highest BCUT2D eigenvalue weighted by Gasteiger charge is 2.25. The van der Waals surface area contributed by atoms with E-state index in [1.54, 1.807) is 6.20 Å². The number of nitrogens with one attached hydrogen (secondary N) is 1. The minimum atomic E-state index is -0.367. The van der Waals surface area contributed by atoms with Crippen molar-refractivity contribution in [1.82, 2.24) is 4.98 Å². The molecule has 0 saturated carbocycles. The zero-order valence-electron chi connectivity index (χ0n) is 15.3. The molecule has 1 N–H and O–H groups in total. The van der Waals surface area contributed by atoms with Gasteiger partial charge in [0.05, 0.1) is 18.5 Å². The Balaban J connectivity index is 1.84. The number of carbonyl (C=O) groups excluding carboxylic acids is 2. The molecular weight excluding hydrogens is 318 g/mol. The standard InChI is InChI=1S/C19H27N3O3/c1-14(7-12-25-15(2)23)18(24)21-16-5-6-17(20-13-16)22-10-8-19(3,4)9-11-22/h5-6,13H,1,7-12H2,2-4H3,(H,21,24). The number of nitrogens with zero attached hydrogens (tertiary/aromatic N) is 2. The average Bonchev–Trinajstić information content (AvgIpc) is 2.55. The van der Waals surface area contributed by atoms with Crippen LogP contribution in [-0.2, 0) is 14.3 Å². The molecule has 1 amide bonds. The third-order valence-corrected chi connectivity index (χ3v) is 4.48. The van der Waals surface area contributed by atoms with Gasteiger partial charge in [0.2, 0.25) is 0 Å². The van der Waals surface area contributed by atoms with E-state index in [0.29, 0.717) is 23.1 Å². The summed E-state index contributed by atoms with van der Waals surface area (Å²) in [5.74, 6) is 0.276. The molecule has 0 radical (unpaired) electrons. The number of aromatic nitrogens is 1. The van der Waals surface area contributed by atoms with Gasteiger partial charge in [-0.15, -0.1) is 0 Å². The molecule has 2 rings (SSSR count). The first-order valence-electron chi connectivity index (χ1n) is 8.60. The molecule has 1 aromatic heterocycles. The van der Waals surface area contributed by atoms with Gasteiger partial charge in [0, 0.05) is 32.0 Å². The second-order valence-electron chi connectivity index (χ2n) is 7.20. The monoisotopic (exact) mass is 345 g/mol. The van der Waals surface area contributed by atoms with Crippen LogP contribution in [0.15, 0.2) is 30.5 Å². The Morgan fingerprint density at radius 1 is 1.32 bits per heavy atom. The van der Waals surface area contributed by atoms with Crippen LogP contribution < -0.4 is 10.2 Å². The Kier molecular flexibility index (Phi) is 6.17. The van der Waals surface area contributed by atoms with Crippen LogP contribution in [0.3, 0.4) is 0 Å². The number of anilines is 2. The average molecular weight is 345 g/mol. The molecule has 1 fully saturated rings. The first-order chi connectivity index (χ1) is 11.8. The molecule has 25 heavy (non-hydrogen) atoms. The van der Waals surface area contributed by atoms with Gasteiger partial charge in [-0.3, -0.25) is 9.59 Å². The number of pyridine rings is 1. The van der Waals surface area contributed by atoms with Crippen molar-refractivity contribution in [3.05, 3.63) is 30.5 Å². The van der Waals surface area contributed by atoms with Gasteiger partial charge in [-0.2, -0.15) is 0 Å². The summed E-state index contributed by atoms with van der Waals surface area (Å²) in [4.78, 5) is 29.5. The van der Waals surface area contributed by atoms with Crippen molar-refractivity contribution in [2.24, 2.45) is 5.41 Å². The molecule has 136 valence electrons. The molecule has 1 aliphatic rings. The van der Waals surface area contributed by atoms with E-state index in [0.717, 1.165) is 31.7 Å². The number of ether oxygens (including phenoxy) is 1. The molecule has 0 bridgehead atoms. The number of piperidine rings is 1. The summed E-state index contributed by atoms with van der Waals surface area (Å²) < 4.78 is 4.81. The third-order valence-electron chi connectivity index (χ3n) is 4.48. The maximum Gasteiger partial charge on any atom is 0.302 e. The summed E-state index contributed by atoms with van der Waals surface area (Å²) in [5, 5.41) is 2.76. The zero-order valence-corrected chi connectivity index (χ0v) is 15.3. The maximum atomic E-state index is 12.1. The summed E-state index contributed by atoms with van der Waals surface area (Å²) in [6.07, 6.45) is 4.26. The first kappa shape index (κ1) is 19.0. The van der Waals surface area contributed by atoms with E-state index >= 15 is 0 Å². The van der Waals surface area contributed by atoms with Crippen molar-refractivity contribution in [2.75, 3.05) is 29.9 Å². The number of carbonyl (C=O) groups is 2. The lowest BCUT2D eigenvalue weighted by atomic mass is 9.83. The Morgan fingerprint density at radius 2 is 2.00 bits per heavy atom. The van der Waals surface area contributed by atoms with E-state index in [4.69, 9.17) is 4.74 Å². The highest BCUT2D eigenvalue weighted by molar-refractivity contribution is 6.03. The lowest BCUT2D eigenvalue weighted by Gasteiger charge is -2.37. The largest absolute Gasteiger partial charge is 0.466 e. The van der Waals surface area contributed by atoms with Crippen LogP contribution in [0.25, 0.3) is 0 Å². The number of amides is 1. The van der Waals surface area contributed by atoms with Crippen molar-refractivity contribution in [3.63, 3.8) is 0 Å². The Labute approximate surface area is 149 Å². The van der Waals surface area contributed by atoms with Crippen LogP contribution in [0.4, 0.5) is 11.5 Å². The van der Waals surface area contributed by atoms with Crippen molar-refractivity contribution in [1.29, 1.82) is 0 Å². The molecule has 6 nitrogen and oxygen atoms in total. The van der Waals surface area contributed by atoms with Crippen LogP contribution in [0.2, 0.25) is 0 Å². The summed E-state index contributed by atoms with van der Waals surface area (Å²) in [6.45, 7) is 11.8. The molecule has 0 spiro atoms. The molecular formula is C19H27N3O3. The molecule has 0 unspecified atom stereocenters. The predicted molar refractivity (Wildman–Crippen MR) is 98.5 cm³/mol. The molecule has 2 heterocycles. The highest BCUT2D eigenvalue weighted by Crippen LogP contribution is 2.31. The summed E-state index contributed by atoms with van der Waals surface area (Å²) in [6, 6.07) is 3.77. The highest BCUT2D eigenvalue weighted by atomic mass is 16.5. The number of hydrogen-bond acceptors (Lipinski definition) is 5. The van der Waals surface area contributed by atoms with E-state index in [1.165, 1.54) is 6.92 Å². The molecule has 0 aromatic carbocycles. The van der Waals surface area contributed by atoms with Gasteiger partial charge in [-0.05, 0) is 30.4 Å². The molecule has 6 heteroatoms. The topological polar surface area (TPSA) is 71.5 Å². The summed E-state index contributed by atoms with van der Waals surface area (Å²) >= 11 is 0.